The van der Waals surface area contributed by atoms with E-state index in [1.165, 1.54) is 11.8 Å². The number of ketones is 1. The van der Waals surface area contributed by atoms with Gasteiger partial charge in [-0.2, -0.15) is 0 Å². The maximum atomic E-state index is 12.4. The molecule has 0 unspecified atom stereocenters. The molecule has 5 nitrogen and oxygen atoms in total. The van der Waals surface area contributed by atoms with Gasteiger partial charge < -0.3 is 14.8 Å². The van der Waals surface area contributed by atoms with Crippen molar-refractivity contribution in [3.63, 3.8) is 0 Å². The Morgan fingerprint density at radius 1 is 0.828 bits per heavy atom. The first-order valence-corrected chi connectivity index (χ1v) is 9.93. The molecule has 3 rings (SSSR count). The molecule has 0 heterocycles. The smallest absolute Gasteiger partial charge is 0.255 e. The molecular formula is C23H21NO4S. The van der Waals surface area contributed by atoms with Crippen LogP contribution in [-0.4, -0.2) is 31.7 Å². The van der Waals surface area contributed by atoms with Crippen LogP contribution in [0.3, 0.4) is 0 Å². The van der Waals surface area contributed by atoms with Crippen molar-refractivity contribution in [3.05, 3.63) is 83.9 Å². The number of hydrogen-bond acceptors (Lipinski definition) is 5. The van der Waals surface area contributed by atoms with E-state index in [0.29, 0.717) is 28.3 Å². The zero-order chi connectivity index (χ0) is 20.6. The van der Waals surface area contributed by atoms with Gasteiger partial charge >= 0.3 is 0 Å². The van der Waals surface area contributed by atoms with Gasteiger partial charge in [0, 0.05) is 21.7 Å². The number of rotatable bonds is 8. The zero-order valence-electron chi connectivity index (χ0n) is 16.2. The molecule has 1 N–H and O–H groups in total. The highest BCUT2D eigenvalue weighted by atomic mass is 32.2. The average molecular weight is 407 g/mol. The Kier molecular flexibility index (Phi) is 6.92. The van der Waals surface area contributed by atoms with Crippen LogP contribution >= 0.6 is 11.8 Å². The van der Waals surface area contributed by atoms with Gasteiger partial charge in [0.05, 0.1) is 20.0 Å². The number of thioether (sulfide) groups is 1. The normalized spacial score (nSPS) is 10.3. The summed E-state index contributed by atoms with van der Waals surface area (Å²) in [5.41, 5.74) is 1.86. The van der Waals surface area contributed by atoms with Crippen molar-refractivity contribution in [2.75, 3.05) is 25.3 Å². The maximum absolute atomic E-state index is 12.4. The van der Waals surface area contributed by atoms with E-state index < -0.39 is 0 Å². The van der Waals surface area contributed by atoms with Gasteiger partial charge in [0.2, 0.25) is 0 Å². The summed E-state index contributed by atoms with van der Waals surface area (Å²) in [5, 5.41) is 2.86. The molecule has 0 aliphatic carbocycles. The van der Waals surface area contributed by atoms with Gasteiger partial charge in [0.15, 0.2) is 5.78 Å². The Balaban J connectivity index is 1.55. The summed E-state index contributed by atoms with van der Waals surface area (Å²) in [6.07, 6.45) is 0. The van der Waals surface area contributed by atoms with Crippen LogP contribution in [-0.2, 0) is 0 Å². The molecular weight excluding hydrogens is 386 g/mol. The number of hydrogen-bond donors (Lipinski definition) is 1. The van der Waals surface area contributed by atoms with Crippen molar-refractivity contribution in [2.24, 2.45) is 0 Å². The SMILES string of the molecule is COc1ccc(C(=O)CSc2ccc(NC(=O)c3cccc(OC)c3)cc2)cc1. The van der Waals surface area contributed by atoms with Crippen molar-refractivity contribution in [3.8, 4) is 11.5 Å². The molecule has 0 saturated heterocycles. The molecule has 0 saturated carbocycles. The molecule has 0 fully saturated rings. The van der Waals surface area contributed by atoms with Crippen LogP contribution in [0.15, 0.2) is 77.7 Å². The predicted octanol–water partition coefficient (Wildman–Crippen LogP) is 4.93. The fourth-order valence-corrected chi connectivity index (χ4v) is 3.40. The number of ether oxygens (including phenoxy) is 2. The molecule has 148 valence electrons. The van der Waals surface area contributed by atoms with Crippen LogP contribution in [0.4, 0.5) is 5.69 Å². The van der Waals surface area contributed by atoms with E-state index in [1.807, 2.05) is 24.3 Å². The standard InChI is InChI=1S/C23H21NO4S/c1-27-19-10-6-16(7-11-19)22(25)15-29-21-12-8-18(9-13-21)24-23(26)17-4-3-5-20(14-17)28-2/h3-14H,15H2,1-2H3,(H,24,26). The lowest BCUT2D eigenvalue weighted by Gasteiger charge is -2.08. The molecule has 0 radical (unpaired) electrons. The number of nitrogens with one attached hydrogen (secondary N) is 1. The van der Waals surface area contributed by atoms with Gasteiger partial charge in [0.25, 0.3) is 5.91 Å². The minimum absolute atomic E-state index is 0.0491. The molecule has 3 aromatic rings. The number of benzene rings is 3. The van der Waals surface area contributed by atoms with Crippen molar-refractivity contribution in [1.82, 2.24) is 0 Å². The summed E-state index contributed by atoms with van der Waals surface area (Å²) in [5.74, 6) is 1.53. The third-order valence-electron chi connectivity index (χ3n) is 4.23. The highest BCUT2D eigenvalue weighted by molar-refractivity contribution is 8.00. The first kappa shape index (κ1) is 20.5. The van der Waals surface area contributed by atoms with E-state index >= 15 is 0 Å². The summed E-state index contributed by atoms with van der Waals surface area (Å²) >= 11 is 1.45. The number of amides is 1. The van der Waals surface area contributed by atoms with Crippen molar-refractivity contribution in [1.29, 1.82) is 0 Å². The topological polar surface area (TPSA) is 64.6 Å². The van der Waals surface area contributed by atoms with E-state index in [1.54, 1.807) is 62.8 Å². The zero-order valence-corrected chi connectivity index (χ0v) is 17.0. The van der Waals surface area contributed by atoms with E-state index in [9.17, 15) is 9.59 Å². The van der Waals surface area contributed by atoms with Crippen LogP contribution in [0, 0.1) is 0 Å². The van der Waals surface area contributed by atoms with Gasteiger partial charge in [-0.1, -0.05) is 6.07 Å². The van der Waals surface area contributed by atoms with E-state index in [4.69, 9.17) is 9.47 Å². The molecule has 0 aromatic heterocycles. The molecule has 0 aliphatic rings. The quantitative estimate of drug-likeness (QED) is 0.424. The van der Waals surface area contributed by atoms with Gasteiger partial charge in [-0.3, -0.25) is 9.59 Å². The number of methoxy groups -OCH3 is 2. The largest absolute Gasteiger partial charge is 0.497 e. The summed E-state index contributed by atoms with van der Waals surface area (Å²) < 4.78 is 10.2. The number of carbonyl (C=O) groups is 2. The van der Waals surface area contributed by atoms with Crippen molar-refractivity contribution >= 4 is 29.1 Å². The lowest BCUT2D eigenvalue weighted by atomic mass is 10.1. The van der Waals surface area contributed by atoms with E-state index in [2.05, 4.69) is 5.32 Å². The summed E-state index contributed by atoms with van der Waals surface area (Å²) in [6.45, 7) is 0. The molecule has 0 bridgehead atoms. The Labute approximate surface area is 174 Å². The second kappa shape index (κ2) is 9.80. The molecule has 6 heteroatoms. The van der Waals surface area contributed by atoms with Crippen LogP contribution in [0.5, 0.6) is 11.5 Å². The molecule has 0 aliphatic heterocycles. The van der Waals surface area contributed by atoms with Gasteiger partial charge in [-0.05, 0) is 66.7 Å². The van der Waals surface area contributed by atoms with Gasteiger partial charge in [-0.25, -0.2) is 0 Å². The highest BCUT2D eigenvalue weighted by Gasteiger charge is 2.09. The first-order chi connectivity index (χ1) is 14.1. The Bertz CT molecular complexity index is 985. The second-order valence-corrected chi connectivity index (χ2v) is 7.20. The third kappa shape index (κ3) is 5.62. The maximum Gasteiger partial charge on any atom is 0.255 e. The first-order valence-electron chi connectivity index (χ1n) is 8.94. The fraction of sp³-hybridized carbons (Fsp3) is 0.130. The average Bonchev–Trinajstić information content (AvgIpc) is 2.78. The van der Waals surface area contributed by atoms with Crippen LogP contribution in [0.2, 0.25) is 0 Å². The van der Waals surface area contributed by atoms with Crippen LogP contribution < -0.4 is 14.8 Å². The Morgan fingerprint density at radius 3 is 2.17 bits per heavy atom. The van der Waals surface area contributed by atoms with Gasteiger partial charge in [-0.15, -0.1) is 11.8 Å². The minimum atomic E-state index is -0.209. The summed E-state index contributed by atoms with van der Waals surface area (Å²) in [7, 11) is 3.16. The highest BCUT2D eigenvalue weighted by Crippen LogP contribution is 2.23. The molecule has 0 atom stereocenters. The number of Topliss-reactive ketones (excluding diaryl/α,β-unsaturated/α-hetero) is 1. The molecule has 1 amide bonds. The van der Waals surface area contributed by atoms with Crippen molar-refractivity contribution in [2.45, 2.75) is 4.90 Å². The second-order valence-electron chi connectivity index (χ2n) is 6.15. The van der Waals surface area contributed by atoms with Crippen LogP contribution in [0.1, 0.15) is 20.7 Å². The molecule has 29 heavy (non-hydrogen) atoms. The number of anilines is 1. The Hall–Kier alpha value is -3.25. The fourth-order valence-electron chi connectivity index (χ4n) is 2.61. The lowest BCUT2D eigenvalue weighted by molar-refractivity contribution is 0.101. The van der Waals surface area contributed by atoms with Gasteiger partial charge in [0.1, 0.15) is 11.5 Å². The summed E-state index contributed by atoms with van der Waals surface area (Å²) in [6, 6.07) is 21.4. The van der Waals surface area contributed by atoms with E-state index in [-0.39, 0.29) is 11.7 Å². The van der Waals surface area contributed by atoms with E-state index in [0.717, 1.165) is 10.6 Å². The third-order valence-corrected chi connectivity index (χ3v) is 5.24. The monoisotopic (exact) mass is 407 g/mol. The molecule has 0 spiro atoms. The molecule has 3 aromatic carbocycles. The number of carbonyl (C=O) groups excluding carboxylic acids is 2. The Morgan fingerprint density at radius 2 is 1.52 bits per heavy atom. The van der Waals surface area contributed by atoms with Crippen LogP contribution in [0.25, 0.3) is 0 Å². The lowest BCUT2D eigenvalue weighted by Crippen LogP contribution is -2.11. The summed E-state index contributed by atoms with van der Waals surface area (Å²) in [4.78, 5) is 25.6. The minimum Gasteiger partial charge on any atom is -0.497 e. The predicted molar refractivity (Wildman–Crippen MR) is 115 cm³/mol. The van der Waals surface area contributed by atoms with Crippen molar-refractivity contribution < 1.29 is 19.1 Å².